The third-order valence-corrected chi connectivity index (χ3v) is 7.20. The van der Waals surface area contributed by atoms with Crippen LogP contribution in [0.25, 0.3) is 6.08 Å². The van der Waals surface area contributed by atoms with Crippen molar-refractivity contribution < 1.29 is 29.6 Å². The maximum atomic E-state index is 13.2. The number of ether oxygens (including phenoxy) is 1. The maximum absolute atomic E-state index is 13.2. The molecular formula is C28H39NO6. The summed E-state index contributed by atoms with van der Waals surface area (Å²) >= 11 is 0. The highest BCUT2D eigenvalue weighted by molar-refractivity contribution is 6.05. The minimum atomic E-state index is -0.869. The third kappa shape index (κ3) is 5.85. The lowest BCUT2D eigenvalue weighted by atomic mass is 9.68. The van der Waals surface area contributed by atoms with Crippen molar-refractivity contribution in [3.8, 4) is 5.75 Å². The van der Waals surface area contributed by atoms with E-state index in [1.807, 2.05) is 25.1 Å². The number of aliphatic hydroxyl groups is 2. The maximum Gasteiger partial charge on any atom is 0.233 e. The number of hydrogen-bond donors (Lipinski definition) is 3. The summed E-state index contributed by atoms with van der Waals surface area (Å²) < 4.78 is 5.40. The number of phenols is 1. The largest absolute Gasteiger partial charge is 0.507 e. The van der Waals surface area contributed by atoms with Crippen molar-refractivity contribution in [2.75, 3.05) is 26.9 Å². The van der Waals surface area contributed by atoms with Crippen LogP contribution in [0, 0.1) is 17.8 Å². The highest BCUT2D eigenvalue weighted by Gasteiger charge is 2.54. The first-order valence-electron chi connectivity index (χ1n) is 12.7. The average molecular weight is 486 g/mol. The number of benzene rings is 1. The molecule has 2 amide bonds. The van der Waals surface area contributed by atoms with Crippen LogP contribution in [0.2, 0.25) is 0 Å². The molecule has 35 heavy (non-hydrogen) atoms. The molecule has 1 heterocycles. The van der Waals surface area contributed by atoms with Crippen molar-refractivity contribution in [2.24, 2.45) is 17.8 Å². The number of nitrogens with zero attached hydrogens (tertiary/aromatic N) is 1. The number of carbonyl (C=O) groups excluding carboxylic acids is 2. The molecule has 2 aliphatic rings. The van der Waals surface area contributed by atoms with Gasteiger partial charge in [-0.25, -0.2) is 0 Å². The lowest BCUT2D eigenvalue weighted by Crippen LogP contribution is -2.39. The molecule has 192 valence electrons. The van der Waals surface area contributed by atoms with Crippen LogP contribution in [0.4, 0.5) is 0 Å². The SMILES string of the molecule is CCC/C(=C\c1ccccc1O)CC[C@@H](O)C1=C(COC)C[C@H]2C(=O)N(CCC)C(=O)[C@H]2[C@H]1CO. The summed E-state index contributed by atoms with van der Waals surface area (Å²) in [7, 11) is 1.57. The second-order valence-corrected chi connectivity index (χ2v) is 9.61. The van der Waals surface area contributed by atoms with E-state index < -0.39 is 23.9 Å². The van der Waals surface area contributed by atoms with Crippen LogP contribution in [0.1, 0.15) is 57.9 Å². The van der Waals surface area contributed by atoms with Crippen LogP contribution in [0.3, 0.4) is 0 Å². The Hall–Kier alpha value is -2.48. The first-order chi connectivity index (χ1) is 16.9. The average Bonchev–Trinajstić information content (AvgIpc) is 3.08. The van der Waals surface area contributed by atoms with Gasteiger partial charge in [0.1, 0.15) is 5.75 Å². The molecule has 3 rings (SSSR count). The van der Waals surface area contributed by atoms with E-state index in [-0.39, 0.29) is 30.8 Å². The zero-order valence-electron chi connectivity index (χ0n) is 21.1. The van der Waals surface area contributed by atoms with Gasteiger partial charge in [0, 0.05) is 25.1 Å². The normalized spacial score (nSPS) is 23.7. The Labute approximate surface area is 208 Å². The number of imide groups is 1. The first kappa shape index (κ1) is 27.1. The fourth-order valence-electron chi connectivity index (χ4n) is 5.67. The Bertz CT molecular complexity index is 968. The Morgan fingerprint density at radius 2 is 1.91 bits per heavy atom. The molecule has 0 saturated carbocycles. The van der Waals surface area contributed by atoms with Crippen LogP contribution in [0.15, 0.2) is 41.0 Å². The van der Waals surface area contributed by atoms with Gasteiger partial charge in [0.25, 0.3) is 0 Å². The van der Waals surface area contributed by atoms with E-state index in [0.29, 0.717) is 37.8 Å². The number of methoxy groups -OCH3 is 1. The highest BCUT2D eigenvalue weighted by atomic mass is 16.5. The van der Waals surface area contributed by atoms with E-state index >= 15 is 0 Å². The minimum absolute atomic E-state index is 0.182. The van der Waals surface area contributed by atoms with Crippen LogP contribution in [0.5, 0.6) is 5.75 Å². The summed E-state index contributed by atoms with van der Waals surface area (Å²) in [6, 6.07) is 7.16. The van der Waals surface area contributed by atoms with Gasteiger partial charge in [0.05, 0.1) is 31.2 Å². The van der Waals surface area contributed by atoms with E-state index in [2.05, 4.69) is 6.92 Å². The van der Waals surface area contributed by atoms with Crippen molar-refractivity contribution in [1.82, 2.24) is 4.90 Å². The molecular weight excluding hydrogens is 446 g/mol. The van der Waals surface area contributed by atoms with Gasteiger partial charge in [0.15, 0.2) is 0 Å². The van der Waals surface area contributed by atoms with Gasteiger partial charge in [-0.2, -0.15) is 0 Å². The predicted octanol–water partition coefficient (Wildman–Crippen LogP) is 3.68. The number of fused-ring (bicyclic) bond motifs is 1. The van der Waals surface area contributed by atoms with Crippen LogP contribution in [-0.4, -0.2) is 65.0 Å². The molecule has 0 bridgehead atoms. The zero-order valence-corrected chi connectivity index (χ0v) is 21.1. The Morgan fingerprint density at radius 1 is 1.17 bits per heavy atom. The number of aromatic hydroxyl groups is 1. The summed E-state index contributed by atoms with van der Waals surface area (Å²) in [6.07, 6.45) is 4.92. The van der Waals surface area contributed by atoms with Crippen molar-refractivity contribution >= 4 is 17.9 Å². The number of amides is 2. The molecule has 7 nitrogen and oxygen atoms in total. The van der Waals surface area contributed by atoms with E-state index in [4.69, 9.17) is 4.74 Å². The van der Waals surface area contributed by atoms with Gasteiger partial charge in [-0.3, -0.25) is 14.5 Å². The Balaban J connectivity index is 1.87. The second-order valence-electron chi connectivity index (χ2n) is 9.61. The topological polar surface area (TPSA) is 107 Å². The zero-order chi connectivity index (χ0) is 25.5. The quantitative estimate of drug-likeness (QED) is 0.308. The van der Waals surface area contributed by atoms with Crippen molar-refractivity contribution in [1.29, 1.82) is 0 Å². The number of likely N-dealkylation sites (tertiary alicyclic amines) is 1. The Morgan fingerprint density at radius 3 is 2.54 bits per heavy atom. The number of aliphatic hydroxyl groups excluding tert-OH is 2. The third-order valence-electron chi connectivity index (χ3n) is 7.20. The molecule has 1 aromatic carbocycles. The molecule has 1 saturated heterocycles. The number of phenolic OH excluding ortho intramolecular Hbond substituents is 1. The number of allylic oxidation sites excluding steroid dienone is 1. The van der Waals surface area contributed by atoms with E-state index in [9.17, 15) is 24.9 Å². The lowest BCUT2D eigenvalue weighted by Gasteiger charge is -2.36. The Kier molecular flexibility index (Phi) is 9.66. The monoisotopic (exact) mass is 485 g/mol. The summed E-state index contributed by atoms with van der Waals surface area (Å²) in [6.45, 7) is 4.32. The molecule has 1 aliphatic carbocycles. The number of hydrogen-bond acceptors (Lipinski definition) is 6. The van der Waals surface area contributed by atoms with Gasteiger partial charge in [-0.1, -0.05) is 50.1 Å². The van der Waals surface area contributed by atoms with Crippen molar-refractivity contribution in [2.45, 2.75) is 58.5 Å². The fraction of sp³-hybridized carbons (Fsp3) is 0.571. The standard InChI is InChI=1S/C28H39NO6/c1-4-8-18(14-19-9-6-7-10-23(19)31)11-12-24(32)25-20(17-35-3)15-21-26(22(25)16-30)28(34)29(13-5-2)27(21)33/h6-7,9-10,14,21-22,24,26,30-32H,4-5,8,11-13,15-17H2,1-3H3/b18-14+/t21-,22+,24-,26-/m1/s1. The van der Waals surface area contributed by atoms with Gasteiger partial charge in [-0.05, 0) is 49.3 Å². The molecule has 0 aromatic heterocycles. The molecule has 7 heteroatoms. The fourth-order valence-corrected chi connectivity index (χ4v) is 5.67. The number of para-hydroxylation sites is 1. The molecule has 3 N–H and O–H groups in total. The summed E-state index contributed by atoms with van der Waals surface area (Å²) in [5.41, 5.74) is 3.30. The van der Waals surface area contributed by atoms with Gasteiger partial charge in [0.2, 0.25) is 11.8 Å². The molecule has 1 aromatic rings. The predicted molar refractivity (Wildman–Crippen MR) is 134 cm³/mol. The molecule has 0 radical (unpaired) electrons. The van der Waals surface area contributed by atoms with E-state index in [1.54, 1.807) is 19.2 Å². The van der Waals surface area contributed by atoms with Crippen LogP contribution >= 0.6 is 0 Å². The van der Waals surface area contributed by atoms with E-state index in [1.165, 1.54) is 4.90 Å². The van der Waals surface area contributed by atoms with E-state index in [0.717, 1.165) is 29.6 Å². The number of carbonyl (C=O) groups is 2. The van der Waals surface area contributed by atoms with Crippen molar-refractivity contribution in [3.05, 3.63) is 46.5 Å². The molecule has 4 atom stereocenters. The summed E-state index contributed by atoms with van der Waals surface area (Å²) in [5, 5.41) is 31.8. The minimum Gasteiger partial charge on any atom is -0.507 e. The van der Waals surface area contributed by atoms with Crippen LogP contribution < -0.4 is 0 Å². The van der Waals surface area contributed by atoms with Gasteiger partial charge >= 0.3 is 0 Å². The van der Waals surface area contributed by atoms with Crippen molar-refractivity contribution in [3.63, 3.8) is 0 Å². The molecule has 0 unspecified atom stereocenters. The summed E-state index contributed by atoms with van der Waals surface area (Å²) in [5.74, 6) is -1.97. The second kappa shape index (κ2) is 12.5. The highest BCUT2D eigenvalue weighted by Crippen LogP contribution is 2.46. The van der Waals surface area contributed by atoms with Crippen LogP contribution in [-0.2, 0) is 14.3 Å². The summed E-state index contributed by atoms with van der Waals surface area (Å²) in [4.78, 5) is 27.5. The molecule has 0 spiro atoms. The smallest absolute Gasteiger partial charge is 0.233 e. The first-order valence-corrected chi connectivity index (χ1v) is 12.7. The van der Waals surface area contributed by atoms with Gasteiger partial charge < -0.3 is 20.1 Å². The molecule has 1 fully saturated rings. The lowest BCUT2D eigenvalue weighted by molar-refractivity contribution is -0.140. The molecule has 1 aliphatic heterocycles. The van der Waals surface area contributed by atoms with Gasteiger partial charge in [-0.15, -0.1) is 0 Å². The number of rotatable bonds is 12.